The van der Waals surface area contributed by atoms with Crippen LogP contribution in [0.3, 0.4) is 0 Å². The van der Waals surface area contributed by atoms with Crippen LogP contribution in [0.2, 0.25) is 0 Å². The van der Waals surface area contributed by atoms with Gasteiger partial charge in [0.2, 0.25) is 0 Å². The van der Waals surface area contributed by atoms with Crippen LogP contribution in [0.25, 0.3) is 5.70 Å². The molecule has 5 rings (SSSR count). The van der Waals surface area contributed by atoms with Crippen LogP contribution in [0.5, 0.6) is 11.5 Å². The Morgan fingerprint density at radius 2 is 1.83 bits per heavy atom. The molecular weight excluding hydrogens is 495 g/mol. The molecule has 7 nitrogen and oxygen atoms in total. The number of hydrazine groups is 1. The minimum Gasteiger partial charge on any atom is -0.497 e. The molecule has 0 aliphatic carbocycles. The number of fused-ring (bicyclic) bond motifs is 1. The van der Waals surface area contributed by atoms with E-state index < -0.39 is 23.8 Å². The van der Waals surface area contributed by atoms with Gasteiger partial charge in [-0.25, -0.2) is 5.01 Å². The van der Waals surface area contributed by atoms with E-state index in [0.29, 0.717) is 64.2 Å². The van der Waals surface area contributed by atoms with Crippen LogP contribution in [0, 0.1) is 0 Å². The summed E-state index contributed by atoms with van der Waals surface area (Å²) in [4.78, 5) is 15.9. The van der Waals surface area contributed by atoms with Crippen LogP contribution in [0.15, 0.2) is 53.0 Å². The fourth-order valence-corrected chi connectivity index (χ4v) is 5.59. The van der Waals surface area contributed by atoms with Crippen molar-refractivity contribution < 1.29 is 32.5 Å². The number of anilines is 2. The lowest BCUT2D eigenvalue weighted by molar-refractivity contribution is -0.137. The zero-order valence-electron chi connectivity index (χ0n) is 19.6. The highest BCUT2D eigenvalue weighted by Crippen LogP contribution is 2.45. The number of hydrogen-bond donors (Lipinski definition) is 2. The molecule has 36 heavy (non-hydrogen) atoms. The summed E-state index contributed by atoms with van der Waals surface area (Å²) in [6.45, 7) is 0.820. The fraction of sp³-hybridized carbons (Fsp3) is 0.320. The van der Waals surface area contributed by atoms with Crippen molar-refractivity contribution in [2.24, 2.45) is 0 Å². The summed E-state index contributed by atoms with van der Waals surface area (Å²) in [6.07, 6.45) is -2.99. The summed E-state index contributed by atoms with van der Waals surface area (Å²) in [5.41, 5.74) is 3.64. The molecule has 1 fully saturated rings. The van der Waals surface area contributed by atoms with Crippen LogP contribution in [-0.2, 0) is 11.0 Å². The first-order chi connectivity index (χ1) is 17.2. The Bertz CT molecular complexity index is 1260. The van der Waals surface area contributed by atoms with Crippen molar-refractivity contribution in [2.45, 2.75) is 18.7 Å². The number of hydrogen-bond acceptors (Lipinski definition) is 7. The molecule has 2 aromatic rings. The standard InChI is InChI=1S/C25H24F3N3O4S/c1-34-17-9-14(10-18(12-17)35-2)22-23-19(6-8-36-23)24(33)31(29-22)21-11-15(30-7-5-16(32)13-30)3-4-20(21)25(26,27)28/h3-4,6,9-12,16,29,32H,5,7-8,13H2,1-2H3/t16-/m0/s1. The number of aliphatic hydroxyl groups excluding tert-OH is 1. The number of carbonyl (C=O) groups excluding carboxylic acids is 1. The molecule has 0 aromatic heterocycles. The second kappa shape index (κ2) is 9.29. The van der Waals surface area contributed by atoms with Gasteiger partial charge in [0.15, 0.2) is 0 Å². The number of amides is 1. The average molecular weight is 520 g/mol. The summed E-state index contributed by atoms with van der Waals surface area (Å²) >= 11 is 1.43. The highest BCUT2D eigenvalue weighted by atomic mass is 32.2. The third-order valence-electron chi connectivity index (χ3n) is 6.34. The van der Waals surface area contributed by atoms with Gasteiger partial charge in [0.1, 0.15) is 11.5 Å². The number of thioether (sulfide) groups is 1. The Labute approximate surface area is 210 Å². The molecule has 190 valence electrons. The first kappa shape index (κ1) is 24.4. The first-order valence-electron chi connectivity index (χ1n) is 11.3. The maximum absolute atomic E-state index is 14.1. The lowest BCUT2D eigenvalue weighted by Crippen LogP contribution is -2.47. The van der Waals surface area contributed by atoms with E-state index >= 15 is 0 Å². The number of nitrogens with one attached hydrogen (secondary N) is 1. The zero-order valence-corrected chi connectivity index (χ0v) is 20.4. The molecule has 2 N–H and O–H groups in total. The largest absolute Gasteiger partial charge is 0.497 e. The van der Waals surface area contributed by atoms with Gasteiger partial charge in [-0.1, -0.05) is 6.08 Å². The predicted octanol–water partition coefficient (Wildman–Crippen LogP) is 4.19. The molecule has 0 unspecified atom stereocenters. The van der Waals surface area contributed by atoms with Gasteiger partial charge in [-0.15, -0.1) is 11.8 Å². The molecule has 3 aliphatic rings. The number of β-amino-alcohol motifs (C(OH)–C–C–N with tert-alkyl or cyclic N) is 1. The van der Waals surface area contributed by atoms with Gasteiger partial charge in [-0.05, 0) is 36.8 Å². The molecule has 0 saturated carbocycles. The van der Waals surface area contributed by atoms with E-state index in [4.69, 9.17) is 9.47 Å². The number of ether oxygens (including phenoxy) is 2. The summed E-state index contributed by atoms with van der Waals surface area (Å²) in [6, 6.07) is 8.86. The van der Waals surface area contributed by atoms with Gasteiger partial charge in [0.05, 0.1) is 42.8 Å². The molecule has 3 heterocycles. The number of halogens is 3. The van der Waals surface area contributed by atoms with Gasteiger partial charge in [-0.2, -0.15) is 13.2 Å². The number of nitrogens with zero attached hydrogens (tertiary/aromatic N) is 2. The third-order valence-corrected chi connectivity index (χ3v) is 7.39. The summed E-state index contributed by atoms with van der Waals surface area (Å²) in [7, 11) is 3.01. The first-order valence-corrected chi connectivity index (χ1v) is 12.2. The lowest BCUT2D eigenvalue weighted by atomic mass is 10.0. The minimum atomic E-state index is -4.69. The molecular formula is C25H24F3N3O4S. The van der Waals surface area contributed by atoms with Crippen molar-refractivity contribution in [1.29, 1.82) is 0 Å². The molecule has 3 aliphatic heterocycles. The number of rotatable bonds is 5. The number of alkyl halides is 3. The van der Waals surface area contributed by atoms with Crippen LogP contribution >= 0.6 is 11.8 Å². The highest BCUT2D eigenvalue weighted by Gasteiger charge is 2.41. The topological polar surface area (TPSA) is 74.3 Å². The van der Waals surface area contributed by atoms with E-state index in [-0.39, 0.29) is 5.69 Å². The Morgan fingerprint density at radius 1 is 1.11 bits per heavy atom. The summed E-state index contributed by atoms with van der Waals surface area (Å²) < 4.78 is 53.1. The maximum atomic E-state index is 14.1. The van der Waals surface area contributed by atoms with E-state index in [1.165, 1.54) is 38.1 Å². The summed E-state index contributed by atoms with van der Waals surface area (Å²) in [5.74, 6) is 0.954. The molecule has 1 atom stereocenters. The van der Waals surface area contributed by atoms with Crippen molar-refractivity contribution in [3.63, 3.8) is 0 Å². The second-order valence-electron chi connectivity index (χ2n) is 8.57. The maximum Gasteiger partial charge on any atom is 0.418 e. The molecule has 11 heteroatoms. The Kier molecular flexibility index (Phi) is 6.29. The van der Waals surface area contributed by atoms with Crippen molar-refractivity contribution >= 4 is 34.7 Å². The Morgan fingerprint density at radius 3 is 2.44 bits per heavy atom. The second-order valence-corrected chi connectivity index (χ2v) is 9.60. The zero-order chi connectivity index (χ0) is 25.6. The van der Waals surface area contributed by atoms with E-state index in [9.17, 15) is 23.1 Å². The van der Waals surface area contributed by atoms with E-state index in [1.807, 2.05) is 4.90 Å². The normalized spacial score (nSPS) is 19.9. The monoisotopic (exact) mass is 519 g/mol. The van der Waals surface area contributed by atoms with Crippen LogP contribution in [0.4, 0.5) is 24.5 Å². The van der Waals surface area contributed by atoms with Gasteiger partial charge in [0.25, 0.3) is 5.91 Å². The molecule has 0 radical (unpaired) electrons. The minimum absolute atomic E-state index is 0.310. The van der Waals surface area contributed by atoms with Crippen molar-refractivity contribution in [2.75, 3.05) is 43.0 Å². The smallest absolute Gasteiger partial charge is 0.418 e. The van der Waals surface area contributed by atoms with E-state index in [2.05, 4.69) is 5.43 Å². The molecule has 2 aromatic carbocycles. The van der Waals surface area contributed by atoms with Crippen LogP contribution < -0.4 is 24.8 Å². The summed E-state index contributed by atoms with van der Waals surface area (Å²) in [5, 5.41) is 10.9. The van der Waals surface area contributed by atoms with Gasteiger partial charge in [-0.3, -0.25) is 10.2 Å². The lowest BCUT2D eigenvalue weighted by Gasteiger charge is -2.34. The van der Waals surface area contributed by atoms with E-state index in [1.54, 1.807) is 24.3 Å². The van der Waals surface area contributed by atoms with Crippen LogP contribution in [0.1, 0.15) is 17.5 Å². The third kappa shape index (κ3) is 4.37. The SMILES string of the molecule is COc1cc(OC)cc(C2=C3SCC=C3C(=O)N(c3cc(N4CC[C@H](O)C4)ccc3C(F)(F)F)N2)c1. The Balaban J connectivity index is 1.63. The number of benzene rings is 2. The van der Waals surface area contributed by atoms with Gasteiger partial charge >= 0.3 is 6.18 Å². The van der Waals surface area contributed by atoms with E-state index in [0.717, 1.165) is 11.1 Å². The molecule has 1 saturated heterocycles. The average Bonchev–Trinajstić information content (AvgIpc) is 3.53. The highest BCUT2D eigenvalue weighted by molar-refractivity contribution is 8.04. The number of methoxy groups -OCH3 is 2. The fourth-order valence-electron chi connectivity index (χ4n) is 4.54. The van der Waals surface area contributed by atoms with Crippen LogP contribution in [-0.4, -0.2) is 50.2 Å². The Hall–Kier alpha value is -3.31. The van der Waals surface area contributed by atoms with Crippen molar-refractivity contribution in [3.05, 3.63) is 64.1 Å². The molecule has 0 bridgehead atoms. The molecule has 0 spiro atoms. The van der Waals surface area contributed by atoms with Gasteiger partial charge in [0, 0.05) is 41.1 Å². The van der Waals surface area contributed by atoms with Gasteiger partial charge < -0.3 is 19.5 Å². The van der Waals surface area contributed by atoms with Crippen molar-refractivity contribution in [1.82, 2.24) is 5.43 Å². The number of carbonyl (C=O) groups is 1. The predicted molar refractivity (Wildman–Crippen MR) is 132 cm³/mol. The van der Waals surface area contributed by atoms with Crippen molar-refractivity contribution in [3.8, 4) is 11.5 Å². The molecule has 1 amide bonds. The number of aliphatic hydroxyl groups is 1. The quantitative estimate of drug-likeness (QED) is 0.614.